The number of carbonyl (C=O) groups excluding carboxylic acids is 1. The van der Waals surface area contributed by atoms with Gasteiger partial charge in [-0.1, -0.05) is 23.7 Å². The number of benzene rings is 1. The first-order valence-corrected chi connectivity index (χ1v) is 8.24. The van der Waals surface area contributed by atoms with Crippen LogP contribution in [0.1, 0.15) is 24.4 Å². The van der Waals surface area contributed by atoms with Crippen LogP contribution < -0.4 is 10.9 Å². The number of hydrogen-bond acceptors (Lipinski definition) is 3. The van der Waals surface area contributed by atoms with Gasteiger partial charge in [0.25, 0.3) is 5.56 Å². The van der Waals surface area contributed by atoms with Crippen molar-refractivity contribution in [1.82, 2.24) is 19.9 Å². The van der Waals surface area contributed by atoms with E-state index in [-0.39, 0.29) is 0 Å². The summed E-state index contributed by atoms with van der Waals surface area (Å²) in [4.78, 5) is 31.5. The van der Waals surface area contributed by atoms with E-state index < -0.39 is 40.8 Å². The summed E-state index contributed by atoms with van der Waals surface area (Å²) >= 11 is 5.58. The largest absolute Gasteiger partial charge is 0.417 e. The third-order valence-electron chi connectivity index (χ3n) is 3.88. The van der Waals surface area contributed by atoms with E-state index in [4.69, 9.17) is 11.6 Å². The lowest BCUT2D eigenvalue weighted by Crippen LogP contribution is -2.34. The van der Waals surface area contributed by atoms with E-state index in [0.29, 0.717) is 22.7 Å². The van der Waals surface area contributed by atoms with Crippen LogP contribution in [0.4, 0.5) is 13.2 Å². The first kappa shape index (κ1) is 19.0. The van der Waals surface area contributed by atoms with Crippen LogP contribution in [0.3, 0.4) is 0 Å². The van der Waals surface area contributed by atoms with Crippen molar-refractivity contribution < 1.29 is 18.0 Å². The Labute approximate surface area is 156 Å². The molecule has 0 fully saturated rings. The van der Waals surface area contributed by atoms with Gasteiger partial charge in [0, 0.05) is 6.20 Å². The minimum atomic E-state index is -4.68. The van der Waals surface area contributed by atoms with E-state index in [0.717, 1.165) is 11.0 Å². The van der Waals surface area contributed by atoms with Gasteiger partial charge in [-0.3, -0.25) is 9.59 Å². The molecular formula is C17H14ClF3N4O2. The zero-order chi connectivity index (χ0) is 19.8. The summed E-state index contributed by atoms with van der Waals surface area (Å²) in [6.45, 7) is 1.06. The molecule has 1 atom stereocenters. The second-order valence-electron chi connectivity index (χ2n) is 5.94. The Morgan fingerprint density at radius 1 is 1.37 bits per heavy atom. The molecule has 0 radical (unpaired) electrons. The summed E-state index contributed by atoms with van der Waals surface area (Å²) in [5.41, 5.74) is -0.481. The molecule has 1 aromatic carbocycles. The Bertz CT molecular complexity index is 1030. The number of nitrogens with one attached hydrogen (secondary N) is 2. The summed E-state index contributed by atoms with van der Waals surface area (Å²) in [7, 11) is 0. The lowest BCUT2D eigenvalue weighted by Gasteiger charge is -2.14. The number of alkyl halides is 3. The highest BCUT2D eigenvalue weighted by Crippen LogP contribution is 2.29. The normalized spacial score (nSPS) is 12.9. The fraction of sp³-hybridized carbons (Fsp3) is 0.235. The van der Waals surface area contributed by atoms with Gasteiger partial charge in [0.15, 0.2) is 0 Å². The summed E-state index contributed by atoms with van der Waals surface area (Å²) < 4.78 is 39.2. The second-order valence-corrected chi connectivity index (χ2v) is 6.34. The lowest BCUT2D eigenvalue weighted by atomic mass is 10.2. The highest BCUT2D eigenvalue weighted by molar-refractivity contribution is 6.30. The van der Waals surface area contributed by atoms with E-state index in [1.807, 2.05) is 18.2 Å². The molecule has 0 aliphatic rings. The number of amides is 1. The molecule has 142 valence electrons. The molecular weight excluding hydrogens is 385 g/mol. The van der Waals surface area contributed by atoms with Crippen LogP contribution in [0.15, 0.2) is 41.3 Å². The zero-order valence-electron chi connectivity index (χ0n) is 14.0. The number of para-hydroxylation sites is 2. The predicted molar refractivity (Wildman–Crippen MR) is 93.4 cm³/mol. The highest BCUT2D eigenvalue weighted by atomic mass is 35.5. The van der Waals surface area contributed by atoms with Crippen molar-refractivity contribution >= 4 is 28.5 Å². The van der Waals surface area contributed by atoms with Gasteiger partial charge in [-0.25, -0.2) is 4.98 Å². The van der Waals surface area contributed by atoms with Crippen molar-refractivity contribution in [2.45, 2.75) is 25.7 Å². The first-order chi connectivity index (χ1) is 12.6. The maximum atomic E-state index is 12.9. The number of imidazole rings is 1. The molecule has 10 heteroatoms. The van der Waals surface area contributed by atoms with Gasteiger partial charge in [0.2, 0.25) is 5.91 Å². The number of rotatable bonds is 4. The number of nitrogens with zero attached hydrogens (tertiary/aromatic N) is 2. The number of hydrogen-bond donors (Lipinski definition) is 2. The topological polar surface area (TPSA) is 79.8 Å². The van der Waals surface area contributed by atoms with Crippen LogP contribution in [0.25, 0.3) is 11.0 Å². The van der Waals surface area contributed by atoms with Crippen LogP contribution in [0.2, 0.25) is 5.02 Å². The molecule has 2 N–H and O–H groups in total. The molecule has 6 nitrogen and oxygen atoms in total. The fourth-order valence-electron chi connectivity index (χ4n) is 2.56. The Kier molecular flexibility index (Phi) is 4.97. The average molecular weight is 399 g/mol. The number of fused-ring (bicyclic) bond motifs is 1. The molecule has 3 aromatic rings. The third kappa shape index (κ3) is 4.13. The van der Waals surface area contributed by atoms with Crippen molar-refractivity contribution in [3.63, 3.8) is 0 Å². The van der Waals surface area contributed by atoms with Gasteiger partial charge in [0.05, 0.1) is 22.6 Å². The quantitative estimate of drug-likeness (QED) is 0.708. The van der Waals surface area contributed by atoms with Crippen molar-refractivity contribution in [1.29, 1.82) is 0 Å². The molecule has 2 aromatic heterocycles. The van der Waals surface area contributed by atoms with Crippen LogP contribution >= 0.6 is 11.6 Å². The number of aromatic nitrogens is 3. The molecule has 0 bridgehead atoms. The molecule has 0 unspecified atom stereocenters. The number of H-pyrrole nitrogens is 1. The van der Waals surface area contributed by atoms with Gasteiger partial charge in [-0.15, -0.1) is 0 Å². The van der Waals surface area contributed by atoms with E-state index >= 15 is 0 Å². The van der Waals surface area contributed by atoms with Gasteiger partial charge in [-0.2, -0.15) is 13.2 Å². The van der Waals surface area contributed by atoms with Crippen LogP contribution in [-0.2, 0) is 17.5 Å². The van der Waals surface area contributed by atoms with Gasteiger partial charge in [0.1, 0.15) is 17.4 Å². The van der Waals surface area contributed by atoms with Gasteiger partial charge >= 0.3 is 6.18 Å². The smallest absolute Gasteiger partial charge is 0.345 e. The van der Waals surface area contributed by atoms with Crippen molar-refractivity contribution in [3.05, 3.63) is 63.3 Å². The standard InChI is InChI=1S/C17H14ClF3N4O2/c1-9(15-23-12-4-2-3-5-13(12)24-15)22-14(26)8-25-7-10(17(19,20)21)6-11(18)16(25)27/h2-7,9H,8H2,1H3,(H,22,26)(H,23,24)/t9-/m1/s1. The molecule has 0 saturated heterocycles. The third-order valence-corrected chi connectivity index (χ3v) is 4.15. The predicted octanol–water partition coefficient (Wildman–Crippen LogP) is 3.27. The summed E-state index contributed by atoms with van der Waals surface area (Å²) in [5.74, 6) is -0.167. The molecule has 3 rings (SSSR count). The van der Waals surface area contributed by atoms with Gasteiger partial charge < -0.3 is 14.9 Å². The summed E-state index contributed by atoms with van der Waals surface area (Å²) in [6, 6.07) is 7.27. The minimum Gasteiger partial charge on any atom is -0.345 e. The molecule has 2 heterocycles. The molecule has 27 heavy (non-hydrogen) atoms. The Morgan fingerprint density at radius 3 is 2.74 bits per heavy atom. The monoisotopic (exact) mass is 398 g/mol. The fourth-order valence-corrected chi connectivity index (χ4v) is 2.79. The van der Waals surface area contributed by atoms with Gasteiger partial charge in [-0.05, 0) is 25.1 Å². The SMILES string of the molecule is C[C@@H](NC(=O)Cn1cc(C(F)(F)F)cc(Cl)c1=O)c1nc2ccccc2[nH]1. The minimum absolute atomic E-state index is 0.485. The molecule has 0 aliphatic carbocycles. The second kappa shape index (κ2) is 7.07. The summed E-state index contributed by atoms with van der Waals surface area (Å²) in [6.07, 6.45) is -4.11. The van der Waals surface area contributed by atoms with E-state index in [9.17, 15) is 22.8 Å². The Balaban J connectivity index is 1.77. The first-order valence-electron chi connectivity index (χ1n) is 7.86. The molecule has 0 spiro atoms. The maximum absolute atomic E-state index is 12.9. The average Bonchev–Trinajstić information content (AvgIpc) is 3.02. The summed E-state index contributed by atoms with van der Waals surface area (Å²) in [5, 5.41) is 1.99. The molecule has 0 aliphatic heterocycles. The maximum Gasteiger partial charge on any atom is 0.417 e. The van der Waals surface area contributed by atoms with E-state index in [2.05, 4.69) is 15.3 Å². The van der Waals surface area contributed by atoms with Crippen LogP contribution in [0.5, 0.6) is 0 Å². The van der Waals surface area contributed by atoms with E-state index in [1.54, 1.807) is 13.0 Å². The molecule has 1 amide bonds. The van der Waals surface area contributed by atoms with Crippen molar-refractivity contribution in [2.24, 2.45) is 0 Å². The number of halogens is 4. The number of pyridine rings is 1. The van der Waals surface area contributed by atoms with E-state index in [1.165, 1.54) is 0 Å². The lowest BCUT2D eigenvalue weighted by molar-refractivity contribution is -0.138. The van der Waals surface area contributed by atoms with Crippen LogP contribution in [-0.4, -0.2) is 20.4 Å². The van der Waals surface area contributed by atoms with Crippen molar-refractivity contribution in [3.8, 4) is 0 Å². The number of aromatic amines is 1. The molecule has 0 saturated carbocycles. The van der Waals surface area contributed by atoms with Crippen molar-refractivity contribution in [2.75, 3.05) is 0 Å². The number of carbonyl (C=O) groups is 1. The highest BCUT2D eigenvalue weighted by Gasteiger charge is 2.32. The Hall–Kier alpha value is -2.81. The van der Waals surface area contributed by atoms with Crippen LogP contribution in [0, 0.1) is 0 Å². The Morgan fingerprint density at radius 2 is 2.07 bits per heavy atom. The zero-order valence-corrected chi connectivity index (χ0v) is 14.7.